The van der Waals surface area contributed by atoms with Gasteiger partial charge in [-0.05, 0) is 69.2 Å². The molecule has 1 aliphatic heterocycles. The minimum Gasteiger partial charge on any atom is -0.457 e. The van der Waals surface area contributed by atoms with E-state index < -0.39 is 0 Å². The van der Waals surface area contributed by atoms with Gasteiger partial charge in [-0.1, -0.05) is 0 Å². The summed E-state index contributed by atoms with van der Waals surface area (Å²) in [5.41, 5.74) is 5.35. The zero-order valence-electron chi connectivity index (χ0n) is 20.4. The molecule has 4 aromatic heterocycles. The van der Waals surface area contributed by atoms with Gasteiger partial charge < -0.3 is 14.5 Å². The Bertz CT molecular complexity index is 1520. The highest BCUT2D eigenvalue weighted by Crippen LogP contribution is 2.37. The predicted octanol–water partition coefficient (Wildman–Crippen LogP) is 5.42. The monoisotopic (exact) mass is 467 g/mol. The van der Waals surface area contributed by atoms with E-state index in [1.807, 2.05) is 58.7 Å². The van der Waals surface area contributed by atoms with Crippen molar-refractivity contribution in [1.29, 1.82) is 0 Å². The smallest absolute Gasteiger partial charge is 0.158 e. The van der Waals surface area contributed by atoms with Gasteiger partial charge in [0, 0.05) is 61.1 Å². The highest BCUT2D eigenvalue weighted by molar-refractivity contribution is 5.77. The van der Waals surface area contributed by atoms with Gasteiger partial charge in [0.15, 0.2) is 5.82 Å². The van der Waals surface area contributed by atoms with Crippen molar-refractivity contribution in [3.8, 4) is 11.5 Å². The van der Waals surface area contributed by atoms with Gasteiger partial charge >= 0.3 is 0 Å². The summed E-state index contributed by atoms with van der Waals surface area (Å²) in [6.45, 7) is 10.9. The van der Waals surface area contributed by atoms with Crippen molar-refractivity contribution in [3.05, 3.63) is 78.6 Å². The van der Waals surface area contributed by atoms with Crippen LogP contribution in [0.3, 0.4) is 0 Å². The second-order valence-corrected chi connectivity index (χ2v) is 10.2. The number of anilines is 2. The van der Waals surface area contributed by atoms with Gasteiger partial charge in [0.05, 0.1) is 0 Å². The third-order valence-corrected chi connectivity index (χ3v) is 6.79. The molecule has 5 heterocycles. The summed E-state index contributed by atoms with van der Waals surface area (Å²) in [5.74, 6) is 2.86. The number of hydrogen-bond acceptors (Lipinski definition) is 6. The van der Waals surface area contributed by atoms with Crippen LogP contribution in [0.15, 0.2) is 67.5 Å². The van der Waals surface area contributed by atoms with E-state index in [1.54, 1.807) is 12.5 Å². The number of pyridine rings is 1. The molecular weight excluding hydrogens is 438 g/mol. The van der Waals surface area contributed by atoms with Gasteiger partial charge in [-0.3, -0.25) is 4.90 Å². The fourth-order valence-corrected chi connectivity index (χ4v) is 4.68. The number of nitrogens with one attached hydrogen (secondary N) is 1. The number of aromatic nitrogens is 5. The average molecular weight is 468 g/mol. The van der Waals surface area contributed by atoms with Gasteiger partial charge in [0.2, 0.25) is 0 Å². The van der Waals surface area contributed by atoms with E-state index in [0.29, 0.717) is 5.92 Å². The molecule has 5 aromatic rings. The van der Waals surface area contributed by atoms with Crippen molar-refractivity contribution in [3.63, 3.8) is 0 Å². The maximum absolute atomic E-state index is 6.14. The number of ether oxygens (including phenoxy) is 1. The van der Waals surface area contributed by atoms with Crippen molar-refractivity contribution in [2.75, 3.05) is 18.4 Å². The molecule has 0 unspecified atom stereocenters. The normalized spacial score (nSPS) is 15.0. The van der Waals surface area contributed by atoms with Crippen molar-refractivity contribution in [2.24, 2.45) is 0 Å². The molecule has 0 aliphatic carbocycles. The zero-order valence-corrected chi connectivity index (χ0v) is 20.4. The molecule has 0 saturated carbocycles. The summed E-state index contributed by atoms with van der Waals surface area (Å²) >= 11 is 0. The lowest BCUT2D eigenvalue weighted by atomic mass is 9.87. The lowest BCUT2D eigenvalue weighted by Gasteiger charge is -2.47. The van der Waals surface area contributed by atoms with Crippen molar-refractivity contribution >= 4 is 22.7 Å². The van der Waals surface area contributed by atoms with E-state index in [0.717, 1.165) is 52.8 Å². The van der Waals surface area contributed by atoms with Gasteiger partial charge in [-0.2, -0.15) is 5.10 Å². The standard InChI is InChI=1S/C27H29N7O/c1-18-13-20(5-6-23(18)35-21-7-10-32-12-9-28-24(32)14-21)31-26-25-22(8-11-34(25)30-17-29-26)19-15-33(16-19)27(2,3)4/h5-14,17,19H,15-16H2,1-4H3,(H,29,30,31). The maximum Gasteiger partial charge on any atom is 0.158 e. The Morgan fingerprint density at radius 2 is 1.86 bits per heavy atom. The molecule has 0 radical (unpaired) electrons. The number of fused-ring (bicyclic) bond motifs is 2. The van der Waals surface area contributed by atoms with E-state index in [-0.39, 0.29) is 5.54 Å². The highest BCUT2D eigenvalue weighted by Gasteiger charge is 2.36. The molecular formula is C27H29N7O. The van der Waals surface area contributed by atoms with Gasteiger partial charge in [-0.15, -0.1) is 0 Å². The van der Waals surface area contributed by atoms with E-state index >= 15 is 0 Å². The quantitative estimate of drug-likeness (QED) is 0.372. The van der Waals surface area contributed by atoms with Crippen LogP contribution in [0.2, 0.25) is 0 Å². The van der Waals surface area contributed by atoms with Gasteiger partial charge in [0.25, 0.3) is 0 Å². The number of nitrogens with zero attached hydrogens (tertiary/aromatic N) is 6. The summed E-state index contributed by atoms with van der Waals surface area (Å²) in [5, 5.41) is 7.95. The Labute approximate surface area is 204 Å². The number of aryl methyl sites for hydroxylation is 1. The Hall–Kier alpha value is -3.91. The van der Waals surface area contributed by atoms with E-state index in [2.05, 4.69) is 58.2 Å². The second-order valence-electron chi connectivity index (χ2n) is 10.2. The molecule has 1 aliphatic rings. The second kappa shape index (κ2) is 8.09. The zero-order chi connectivity index (χ0) is 24.2. The largest absolute Gasteiger partial charge is 0.457 e. The minimum absolute atomic E-state index is 0.190. The van der Waals surface area contributed by atoms with Crippen LogP contribution in [-0.4, -0.2) is 47.5 Å². The Morgan fingerprint density at radius 1 is 1.00 bits per heavy atom. The van der Waals surface area contributed by atoms with Crippen molar-refractivity contribution in [2.45, 2.75) is 39.2 Å². The molecule has 0 amide bonds. The van der Waals surface area contributed by atoms with Crippen molar-refractivity contribution in [1.82, 2.24) is 28.9 Å². The Kier molecular flexibility index (Phi) is 5.00. The number of rotatable bonds is 5. The molecule has 1 fully saturated rings. The first-order chi connectivity index (χ1) is 16.8. The minimum atomic E-state index is 0.190. The summed E-state index contributed by atoms with van der Waals surface area (Å²) < 4.78 is 10.0. The van der Waals surface area contributed by atoms with Crippen LogP contribution in [0.4, 0.5) is 11.5 Å². The van der Waals surface area contributed by atoms with Crippen LogP contribution in [-0.2, 0) is 0 Å². The van der Waals surface area contributed by atoms with Crippen LogP contribution in [0.1, 0.15) is 37.8 Å². The van der Waals surface area contributed by atoms with E-state index in [4.69, 9.17) is 4.74 Å². The summed E-state index contributed by atoms with van der Waals surface area (Å²) in [4.78, 5) is 11.4. The molecule has 0 spiro atoms. The third kappa shape index (κ3) is 4.00. The Morgan fingerprint density at radius 3 is 2.66 bits per heavy atom. The van der Waals surface area contributed by atoms with Crippen molar-refractivity contribution < 1.29 is 4.74 Å². The molecule has 1 aromatic carbocycles. The molecule has 0 atom stereocenters. The molecule has 0 bridgehead atoms. The fourth-order valence-electron chi connectivity index (χ4n) is 4.68. The number of imidazole rings is 1. The van der Waals surface area contributed by atoms with Crippen LogP contribution in [0, 0.1) is 6.92 Å². The summed E-state index contributed by atoms with van der Waals surface area (Å²) in [6.07, 6.45) is 9.25. The van der Waals surface area contributed by atoms with E-state index in [9.17, 15) is 0 Å². The lowest BCUT2D eigenvalue weighted by Crippen LogP contribution is -2.54. The number of benzene rings is 1. The first kappa shape index (κ1) is 21.6. The lowest BCUT2D eigenvalue weighted by molar-refractivity contribution is 0.0475. The SMILES string of the molecule is Cc1cc(Nc2ncnn3ccc(C4CN(C(C)(C)C)C4)c23)ccc1Oc1ccn2ccnc2c1. The fraction of sp³-hybridized carbons (Fsp3) is 0.296. The molecule has 1 N–H and O–H groups in total. The molecule has 8 heteroatoms. The average Bonchev–Trinajstić information content (AvgIpc) is 3.41. The van der Waals surface area contributed by atoms with E-state index in [1.165, 1.54) is 5.56 Å². The molecule has 8 nitrogen and oxygen atoms in total. The highest BCUT2D eigenvalue weighted by atomic mass is 16.5. The summed E-state index contributed by atoms with van der Waals surface area (Å²) in [7, 11) is 0. The predicted molar refractivity (Wildman–Crippen MR) is 137 cm³/mol. The number of likely N-dealkylation sites (tertiary alicyclic amines) is 1. The summed E-state index contributed by atoms with van der Waals surface area (Å²) in [6, 6.07) is 12.1. The molecule has 1 saturated heterocycles. The first-order valence-corrected chi connectivity index (χ1v) is 11.9. The molecule has 35 heavy (non-hydrogen) atoms. The van der Waals surface area contributed by atoms with Crippen LogP contribution in [0.25, 0.3) is 11.2 Å². The molecule has 6 rings (SSSR count). The molecule has 178 valence electrons. The van der Waals surface area contributed by atoms with Crippen LogP contribution < -0.4 is 10.1 Å². The van der Waals surface area contributed by atoms with Crippen LogP contribution >= 0.6 is 0 Å². The first-order valence-electron chi connectivity index (χ1n) is 11.9. The topological polar surface area (TPSA) is 72.0 Å². The van der Waals surface area contributed by atoms with Gasteiger partial charge in [-0.25, -0.2) is 14.5 Å². The number of hydrogen-bond donors (Lipinski definition) is 1. The van der Waals surface area contributed by atoms with Gasteiger partial charge in [0.1, 0.15) is 29.0 Å². The third-order valence-electron chi connectivity index (χ3n) is 6.79. The Balaban J connectivity index is 1.24. The maximum atomic E-state index is 6.14. The van der Waals surface area contributed by atoms with Crippen LogP contribution in [0.5, 0.6) is 11.5 Å².